The molecule has 1 aliphatic heterocycles. The van der Waals surface area contributed by atoms with Crippen molar-refractivity contribution < 1.29 is 9.59 Å². The molecule has 2 aromatic carbocycles. The molecule has 31 heavy (non-hydrogen) atoms. The van der Waals surface area contributed by atoms with E-state index in [0.717, 1.165) is 42.1 Å². The SMILES string of the molecule is Cc1cccc(C)c1NC(=O)CN(C)CC(=O)Nc1cccc(CN2CCSCC2)c1. The Balaban J connectivity index is 1.47. The van der Waals surface area contributed by atoms with E-state index in [0.29, 0.717) is 0 Å². The van der Waals surface area contributed by atoms with Crippen LogP contribution in [0.4, 0.5) is 11.4 Å². The van der Waals surface area contributed by atoms with Gasteiger partial charge in [0.2, 0.25) is 11.8 Å². The molecule has 0 unspecified atom stereocenters. The third-order valence-corrected chi connectivity index (χ3v) is 6.24. The van der Waals surface area contributed by atoms with Crippen LogP contribution in [0.25, 0.3) is 0 Å². The smallest absolute Gasteiger partial charge is 0.238 e. The second-order valence-electron chi connectivity index (χ2n) is 8.12. The topological polar surface area (TPSA) is 64.7 Å². The fourth-order valence-corrected chi connectivity index (χ4v) is 4.68. The third kappa shape index (κ3) is 7.38. The van der Waals surface area contributed by atoms with Crippen molar-refractivity contribution in [2.45, 2.75) is 20.4 Å². The summed E-state index contributed by atoms with van der Waals surface area (Å²) in [5, 5.41) is 5.92. The lowest BCUT2D eigenvalue weighted by atomic mass is 10.1. The van der Waals surface area contributed by atoms with Crippen LogP contribution in [0, 0.1) is 13.8 Å². The number of hydrogen-bond donors (Lipinski definition) is 2. The van der Waals surface area contributed by atoms with Crippen molar-refractivity contribution in [2.75, 3.05) is 55.4 Å². The predicted octanol–water partition coefficient (Wildman–Crippen LogP) is 3.36. The Morgan fingerprint density at radius 2 is 1.58 bits per heavy atom. The number of rotatable bonds is 8. The van der Waals surface area contributed by atoms with Crippen LogP contribution >= 0.6 is 11.8 Å². The van der Waals surface area contributed by atoms with Gasteiger partial charge < -0.3 is 10.6 Å². The Labute approximate surface area is 189 Å². The summed E-state index contributed by atoms with van der Waals surface area (Å²) < 4.78 is 0. The monoisotopic (exact) mass is 440 g/mol. The van der Waals surface area contributed by atoms with Crippen LogP contribution < -0.4 is 10.6 Å². The summed E-state index contributed by atoms with van der Waals surface area (Å²) in [5.74, 6) is 2.10. The van der Waals surface area contributed by atoms with Crippen LogP contribution in [-0.2, 0) is 16.1 Å². The highest BCUT2D eigenvalue weighted by molar-refractivity contribution is 7.99. The van der Waals surface area contributed by atoms with E-state index in [1.54, 1.807) is 11.9 Å². The molecule has 0 aliphatic carbocycles. The summed E-state index contributed by atoms with van der Waals surface area (Å²) in [6.07, 6.45) is 0. The van der Waals surface area contributed by atoms with E-state index in [1.807, 2.05) is 62.0 Å². The average Bonchev–Trinajstić information content (AvgIpc) is 2.71. The van der Waals surface area contributed by atoms with Gasteiger partial charge in [-0.15, -0.1) is 0 Å². The number of carbonyl (C=O) groups excluding carboxylic acids is 2. The zero-order valence-electron chi connectivity index (χ0n) is 18.6. The molecule has 0 atom stereocenters. The van der Waals surface area contributed by atoms with Gasteiger partial charge in [-0.2, -0.15) is 11.8 Å². The molecule has 1 saturated heterocycles. The lowest BCUT2D eigenvalue weighted by Gasteiger charge is -2.26. The molecule has 2 N–H and O–H groups in total. The van der Waals surface area contributed by atoms with Crippen LogP contribution in [0.2, 0.25) is 0 Å². The van der Waals surface area contributed by atoms with Crippen molar-refractivity contribution >= 4 is 35.0 Å². The van der Waals surface area contributed by atoms with E-state index in [9.17, 15) is 9.59 Å². The number of nitrogens with zero attached hydrogens (tertiary/aromatic N) is 2. The Hall–Kier alpha value is -2.35. The van der Waals surface area contributed by atoms with Crippen LogP contribution in [0.15, 0.2) is 42.5 Å². The maximum Gasteiger partial charge on any atom is 0.238 e. The normalized spacial score (nSPS) is 14.5. The summed E-state index contributed by atoms with van der Waals surface area (Å²) in [4.78, 5) is 29.0. The molecule has 166 valence electrons. The van der Waals surface area contributed by atoms with Gasteiger partial charge in [0, 0.05) is 42.5 Å². The molecular formula is C24H32N4O2S. The first-order valence-electron chi connectivity index (χ1n) is 10.6. The van der Waals surface area contributed by atoms with Gasteiger partial charge in [0.15, 0.2) is 0 Å². The zero-order valence-corrected chi connectivity index (χ0v) is 19.4. The first-order valence-corrected chi connectivity index (χ1v) is 11.8. The highest BCUT2D eigenvalue weighted by atomic mass is 32.2. The van der Waals surface area contributed by atoms with Gasteiger partial charge in [-0.25, -0.2) is 0 Å². The number of nitrogens with one attached hydrogen (secondary N) is 2. The minimum atomic E-state index is -0.131. The lowest BCUT2D eigenvalue weighted by Crippen LogP contribution is -2.36. The first-order chi connectivity index (χ1) is 14.9. The molecule has 0 aromatic heterocycles. The summed E-state index contributed by atoms with van der Waals surface area (Å²) in [5.41, 5.74) is 4.89. The lowest BCUT2D eigenvalue weighted by molar-refractivity contribution is -0.119. The molecule has 2 amide bonds. The van der Waals surface area contributed by atoms with Gasteiger partial charge in [0.1, 0.15) is 0 Å². The molecule has 1 aliphatic rings. The van der Waals surface area contributed by atoms with E-state index in [4.69, 9.17) is 0 Å². The molecule has 0 radical (unpaired) electrons. The number of benzene rings is 2. The molecule has 2 aromatic rings. The van der Waals surface area contributed by atoms with Crippen LogP contribution in [0.5, 0.6) is 0 Å². The summed E-state index contributed by atoms with van der Waals surface area (Å²) in [7, 11) is 1.77. The predicted molar refractivity (Wildman–Crippen MR) is 130 cm³/mol. The average molecular weight is 441 g/mol. The number of para-hydroxylation sites is 1. The fraction of sp³-hybridized carbons (Fsp3) is 0.417. The molecular weight excluding hydrogens is 408 g/mol. The maximum absolute atomic E-state index is 12.5. The molecule has 6 nitrogen and oxygen atoms in total. The summed E-state index contributed by atoms with van der Waals surface area (Å²) in [6, 6.07) is 13.9. The molecule has 0 bridgehead atoms. The molecule has 1 heterocycles. The van der Waals surface area contributed by atoms with Crippen molar-refractivity contribution in [1.82, 2.24) is 9.80 Å². The summed E-state index contributed by atoms with van der Waals surface area (Å²) in [6.45, 7) is 7.35. The van der Waals surface area contributed by atoms with E-state index in [2.05, 4.69) is 21.6 Å². The second-order valence-corrected chi connectivity index (χ2v) is 9.35. The number of carbonyl (C=O) groups is 2. The van der Waals surface area contributed by atoms with Gasteiger partial charge in [-0.1, -0.05) is 30.3 Å². The molecule has 0 spiro atoms. The van der Waals surface area contributed by atoms with Crippen molar-refractivity contribution in [1.29, 1.82) is 0 Å². The minimum absolute atomic E-state index is 0.130. The fourth-order valence-electron chi connectivity index (χ4n) is 3.70. The second kappa shape index (κ2) is 11.3. The van der Waals surface area contributed by atoms with Crippen LogP contribution in [0.1, 0.15) is 16.7 Å². The van der Waals surface area contributed by atoms with E-state index >= 15 is 0 Å². The minimum Gasteiger partial charge on any atom is -0.325 e. The van der Waals surface area contributed by atoms with Crippen molar-refractivity contribution in [3.8, 4) is 0 Å². The number of anilines is 2. The number of aryl methyl sites for hydroxylation is 2. The molecule has 1 fully saturated rings. The third-order valence-electron chi connectivity index (χ3n) is 5.29. The highest BCUT2D eigenvalue weighted by Crippen LogP contribution is 2.19. The van der Waals surface area contributed by atoms with Gasteiger partial charge in [-0.05, 0) is 49.7 Å². The van der Waals surface area contributed by atoms with Crippen molar-refractivity contribution in [2.24, 2.45) is 0 Å². The Morgan fingerprint density at radius 3 is 2.26 bits per heavy atom. The highest BCUT2D eigenvalue weighted by Gasteiger charge is 2.14. The van der Waals surface area contributed by atoms with E-state index < -0.39 is 0 Å². The number of hydrogen-bond acceptors (Lipinski definition) is 5. The largest absolute Gasteiger partial charge is 0.325 e. The standard InChI is InChI=1S/C24H32N4O2S/c1-18-6-4-7-19(2)24(18)26-23(30)17-27(3)16-22(29)25-21-9-5-8-20(14-21)15-28-10-12-31-13-11-28/h4-9,14H,10-13,15-17H2,1-3H3,(H,25,29)(H,26,30). The first kappa shape index (κ1) is 23.3. The molecule has 7 heteroatoms. The van der Waals surface area contributed by atoms with Gasteiger partial charge in [0.25, 0.3) is 0 Å². The number of thioether (sulfide) groups is 1. The molecule has 0 saturated carbocycles. The Bertz CT molecular complexity index is 892. The quantitative estimate of drug-likeness (QED) is 0.659. The van der Waals surface area contributed by atoms with Crippen LogP contribution in [0.3, 0.4) is 0 Å². The van der Waals surface area contributed by atoms with Gasteiger partial charge in [-0.3, -0.25) is 19.4 Å². The Kier molecular flexibility index (Phi) is 8.51. The summed E-state index contributed by atoms with van der Waals surface area (Å²) >= 11 is 2.00. The number of likely N-dealkylation sites (N-methyl/N-ethyl adjacent to an activating group) is 1. The Morgan fingerprint density at radius 1 is 0.968 bits per heavy atom. The van der Waals surface area contributed by atoms with Crippen molar-refractivity contribution in [3.63, 3.8) is 0 Å². The van der Waals surface area contributed by atoms with Gasteiger partial charge >= 0.3 is 0 Å². The van der Waals surface area contributed by atoms with Gasteiger partial charge in [0.05, 0.1) is 13.1 Å². The van der Waals surface area contributed by atoms with E-state index in [-0.39, 0.29) is 24.9 Å². The zero-order chi connectivity index (χ0) is 22.2. The van der Waals surface area contributed by atoms with Crippen LogP contribution in [-0.4, -0.2) is 66.3 Å². The maximum atomic E-state index is 12.5. The van der Waals surface area contributed by atoms with Crippen molar-refractivity contribution in [3.05, 3.63) is 59.2 Å². The molecule has 3 rings (SSSR count). The number of amides is 2. The van der Waals surface area contributed by atoms with E-state index in [1.165, 1.54) is 17.1 Å².